The second-order valence-electron chi connectivity index (χ2n) is 3.68. The molecule has 2 heterocycles. The summed E-state index contributed by atoms with van der Waals surface area (Å²) in [4.78, 5) is 4.23. The molecule has 0 aromatic carbocycles. The number of pyridine rings is 1. The van der Waals surface area contributed by atoms with Gasteiger partial charge in [-0.1, -0.05) is 0 Å². The summed E-state index contributed by atoms with van der Waals surface area (Å²) in [5, 5.41) is 7.38. The molecule has 0 aliphatic rings. The largest absolute Gasteiger partial charge is 0.493 e. The molecule has 0 aliphatic carbocycles. The summed E-state index contributed by atoms with van der Waals surface area (Å²) in [6.07, 6.45) is 4.45. The second-order valence-corrected chi connectivity index (χ2v) is 3.68. The van der Waals surface area contributed by atoms with Crippen LogP contribution in [0.25, 0.3) is 0 Å². The number of nitrogens with zero attached hydrogens (tertiary/aromatic N) is 3. The first kappa shape index (κ1) is 11.4. The SMILES string of the molecule is COc1cccnc1NCCc1ccnn1C. The molecule has 0 radical (unpaired) electrons. The average molecular weight is 232 g/mol. The molecule has 1 N–H and O–H groups in total. The van der Waals surface area contributed by atoms with Crippen molar-refractivity contribution in [3.05, 3.63) is 36.3 Å². The highest BCUT2D eigenvalue weighted by Crippen LogP contribution is 2.19. The molecule has 0 spiro atoms. The van der Waals surface area contributed by atoms with Crippen molar-refractivity contribution in [1.82, 2.24) is 14.8 Å². The van der Waals surface area contributed by atoms with Gasteiger partial charge in [-0.25, -0.2) is 4.98 Å². The second kappa shape index (κ2) is 5.34. The van der Waals surface area contributed by atoms with E-state index >= 15 is 0 Å². The van der Waals surface area contributed by atoms with E-state index in [1.165, 1.54) is 5.69 Å². The third-order valence-electron chi connectivity index (χ3n) is 2.59. The van der Waals surface area contributed by atoms with E-state index < -0.39 is 0 Å². The monoisotopic (exact) mass is 232 g/mol. The highest BCUT2D eigenvalue weighted by molar-refractivity contribution is 5.49. The van der Waals surface area contributed by atoms with Crippen molar-refractivity contribution in [2.45, 2.75) is 6.42 Å². The predicted molar refractivity (Wildman–Crippen MR) is 66.2 cm³/mol. The molecule has 0 unspecified atom stereocenters. The lowest BCUT2D eigenvalue weighted by molar-refractivity contribution is 0.415. The normalized spacial score (nSPS) is 10.2. The molecule has 0 amide bonds. The van der Waals surface area contributed by atoms with E-state index in [-0.39, 0.29) is 0 Å². The number of hydrogen-bond acceptors (Lipinski definition) is 4. The summed E-state index contributed by atoms with van der Waals surface area (Å²) in [7, 11) is 3.58. The summed E-state index contributed by atoms with van der Waals surface area (Å²) in [6, 6.07) is 5.75. The minimum atomic E-state index is 0.762. The quantitative estimate of drug-likeness (QED) is 0.848. The van der Waals surface area contributed by atoms with Crippen molar-refractivity contribution < 1.29 is 4.74 Å². The van der Waals surface area contributed by atoms with Gasteiger partial charge in [-0.2, -0.15) is 5.10 Å². The number of nitrogens with one attached hydrogen (secondary N) is 1. The summed E-state index contributed by atoms with van der Waals surface area (Å²) in [6.45, 7) is 0.799. The van der Waals surface area contributed by atoms with Crippen LogP contribution in [0.3, 0.4) is 0 Å². The Morgan fingerprint density at radius 1 is 1.35 bits per heavy atom. The van der Waals surface area contributed by atoms with E-state index in [0.717, 1.165) is 24.5 Å². The van der Waals surface area contributed by atoms with E-state index in [0.29, 0.717) is 0 Å². The molecular formula is C12H16N4O. The molecule has 90 valence electrons. The molecule has 2 rings (SSSR count). The summed E-state index contributed by atoms with van der Waals surface area (Å²) in [5.41, 5.74) is 1.19. The van der Waals surface area contributed by atoms with Gasteiger partial charge in [0.2, 0.25) is 0 Å². The molecule has 5 nitrogen and oxygen atoms in total. The van der Waals surface area contributed by atoms with Crippen molar-refractivity contribution in [1.29, 1.82) is 0 Å². The van der Waals surface area contributed by atoms with E-state index in [9.17, 15) is 0 Å². The Morgan fingerprint density at radius 2 is 2.24 bits per heavy atom. The van der Waals surface area contributed by atoms with Gasteiger partial charge in [0.05, 0.1) is 7.11 Å². The zero-order valence-electron chi connectivity index (χ0n) is 10.1. The number of methoxy groups -OCH3 is 1. The Labute approximate surface area is 100 Å². The van der Waals surface area contributed by atoms with Crippen molar-refractivity contribution >= 4 is 5.82 Å². The molecule has 17 heavy (non-hydrogen) atoms. The van der Waals surface area contributed by atoms with Crippen molar-refractivity contribution in [2.75, 3.05) is 19.0 Å². The van der Waals surface area contributed by atoms with Gasteiger partial charge in [-0.05, 0) is 18.2 Å². The Morgan fingerprint density at radius 3 is 2.94 bits per heavy atom. The van der Waals surface area contributed by atoms with E-state index in [2.05, 4.69) is 15.4 Å². The smallest absolute Gasteiger partial charge is 0.168 e. The average Bonchev–Trinajstić information content (AvgIpc) is 2.76. The lowest BCUT2D eigenvalue weighted by Gasteiger charge is -2.09. The van der Waals surface area contributed by atoms with Crippen LogP contribution in [0.15, 0.2) is 30.6 Å². The van der Waals surface area contributed by atoms with Crippen molar-refractivity contribution in [3.8, 4) is 5.75 Å². The third kappa shape index (κ3) is 2.75. The zero-order valence-corrected chi connectivity index (χ0v) is 10.1. The van der Waals surface area contributed by atoms with Gasteiger partial charge in [0.15, 0.2) is 11.6 Å². The fraction of sp³-hybridized carbons (Fsp3) is 0.333. The zero-order chi connectivity index (χ0) is 12.1. The van der Waals surface area contributed by atoms with Gasteiger partial charge in [-0.3, -0.25) is 4.68 Å². The number of anilines is 1. The van der Waals surface area contributed by atoms with Crippen LogP contribution in [0.1, 0.15) is 5.69 Å². The van der Waals surface area contributed by atoms with Gasteiger partial charge >= 0.3 is 0 Å². The van der Waals surface area contributed by atoms with E-state index in [1.54, 1.807) is 19.5 Å². The minimum Gasteiger partial charge on any atom is -0.493 e. The molecule has 0 bridgehead atoms. The maximum absolute atomic E-state index is 5.21. The number of aromatic nitrogens is 3. The topological polar surface area (TPSA) is 52.0 Å². The summed E-state index contributed by atoms with van der Waals surface area (Å²) >= 11 is 0. The van der Waals surface area contributed by atoms with Crippen molar-refractivity contribution in [2.24, 2.45) is 7.05 Å². The summed E-state index contributed by atoms with van der Waals surface area (Å²) < 4.78 is 7.09. The summed E-state index contributed by atoms with van der Waals surface area (Å²) in [5.74, 6) is 1.54. The van der Waals surface area contributed by atoms with E-state index in [1.807, 2.05) is 29.9 Å². The highest BCUT2D eigenvalue weighted by Gasteiger charge is 2.03. The van der Waals surface area contributed by atoms with Gasteiger partial charge in [0, 0.05) is 38.1 Å². The Hall–Kier alpha value is -2.04. The van der Waals surface area contributed by atoms with Crippen LogP contribution in [-0.4, -0.2) is 28.4 Å². The maximum Gasteiger partial charge on any atom is 0.168 e. The number of aryl methyl sites for hydroxylation is 1. The van der Waals surface area contributed by atoms with Crippen LogP contribution in [-0.2, 0) is 13.5 Å². The van der Waals surface area contributed by atoms with E-state index in [4.69, 9.17) is 4.74 Å². The third-order valence-corrected chi connectivity index (χ3v) is 2.59. The maximum atomic E-state index is 5.21. The van der Waals surface area contributed by atoms with Gasteiger partial charge < -0.3 is 10.1 Å². The van der Waals surface area contributed by atoms with Crippen molar-refractivity contribution in [3.63, 3.8) is 0 Å². The number of hydrogen-bond donors (Lipinski definition) is 1. The van der Waals surface area contributed by atoms with Gasteiger partial charge in [0.1, 0.15) is 0 Å². The van der Waals surface area contributed by atoms with Crippen LogP contribution in [0.4, 0.5) is 5.82 Å². The molecule has 0 atom stereocenters. The lowest BCUT2D eigenvalue weighted by Crippen LogP contribution is -2.09. The fourth-order valence-electron chi connectivity index (χ4n) is 1.64. The number of ether oxygens (including phenoxy) is 1. The molecular weight excluding hydrogens is 216 g/mol. The molecule has 0 aliphatic heterocycles. The molecule has 2 aromatic rings. The Bertz CT molecular complexity index is 481. The lowest BCUT2D eigenvalue weighted by atomic mass is 10.3. The van der Waals surface area contributed by atoms with Crippen LogP contribution in [0.2, 0.25) is 0 Å². The predicted octanol–water partition coefficient (Wildman–Crippen LogP) is 1.48. The first-order valence-electron chi connectivity index (χ1n) is 5.51. The van der Waals surface area contributed by atoms with Crippen LogP contribution < -0.4 is 10.1 Å². The Kier molecular flexibility index (Phi) is 3.59. The van der Waals surface area contributed by atoms with Crippen LogP contribution >= 0.6 is 0 Å². The molecule has 0 saturated heterocycles. The minimum absolute atomic E-state index is 0.762. The molecule has 5 heteroatoms. The molecule has 0 fully saturated rings. The highest BCUT2D eigenvalue weighted by atomic mass is 16.5. The first-order valence-corrected chi connectivity index (χ1v) is 5.51. The number of rotatable bonds is 5. The molecule has 0 saturated carbocycles. The molecule has 2 aromatic heterocycles. The van der Waals surface area contributed by atoms with Crippen LogP contribution in [0.5, 0.6) is 5.75 Å². The van der Waals surface area contributed by atoms with Crippen LogP contribution in [0, 0.1) is 0 Å². The fourth-order valence-corrected chi connectivity index (χ4v) is 1.64. The van der Waals surface area contributed by atoms with Gasteiger partial charge in [-0.15, -0.1) is 0 Å². The van der Waals surface area contributed by atoms with Gasteiger partial charge in [0.25, 0.3) is 0 Å². The Balaban J connectivity index is 1.92. The standard InChI is InChI=1S/C12H16N4O/c1-16-10(6-9-15-16)5-8-14-12-11(17-2)4-3-7-13-12/h3-4,6-7,9H,5,8H2,1-2H3,(H,13,14). The first-order chi connectivity index (χ1) is 8.31.